The molecule has 0 spiro atoms. The predicted octanol–water partition coefficient (Wildman–Crippen LogP) is 3.72. The van der Waals surface area contributed by atoms with Crippen molar-refractivity contribution >= 4 is 12.1 Å². The average molecular weight is 279 g/mol. The molecule has 4 heteroatoms. The molecule has 0 aliphatic heterocycles. The fourth-order valence-electron chi connectivity index (χ4n) is 2.44. The van der Waals surface area contributed by atoms with Crippen LogP contribution in [0.15, 0.2) is 42.7 Å². The smallest absolute Gasteiger partial charge is 0.234 e. The molecule has 0 saturated carbocycles. The van der Waals surface area contributed by atoms with Crippen molar-refractivity contribution in [2.24, 2.45) is 0 Å². The quantitative estimate of drug-likeness (QED) is 0.684. The molecule has 0 saturated heterocycles. The Labute approximate surface area is 123 Å². The van der Waals surface area contributed by atoms with E-state index in [4.69, 9.17) is 0 Å². The van der Waals surface area contributed by atoms with E-state index in [0.29, 0.717) is 23.1 Å². The van der Waals surface area contributed by atoms with Gasteiger partial charge in [0.1, 0.15) is 11.4 Å². The summed E-state index contributed by atoms with van der Waals surface area (Å²) in [6.07, 6.45) is 5.42. The van der Waals surface area contributed by atoms with E-state index in [1.807, 2.05) is 12.1 Å². The van der Waals surface area contributed by atoms with Crippen LogP contribution in [0, 0.1) is 0 Å². The Kier molecular flexibility index (Phi) is 3.52. The number of aldehydes is 1. The fraction of sp³-hybridized carbons (Fsp3) is 0.235. The van der Waals surface area contributed by atoms with Crippen LogP contribution in [0.2, 0.25) is 0 Å². The van der Waals surface area contributed by atoms with Gasteiger partial charge in [-0.05, 0) is 24.0 Å². The molecule has 0 N–H and O–H groups in total. The van der Waals surface area contributed by atoms with Gasteiger partial charge in [-0.25, -0.2) is 9.97 Å². The van der Waals surface area contributed by atoms with Crippen LogP contribution < -0.4 is 0 Å². The number of carbonyl (C=O) groups is 1. The highest BCUT2D eigenvalue weighted by Crippen LogP contribution is 2.26. The van der Waals surface area contributed by atoms with Crippen molar-refractivity contribution in [2.75, 3.05) is 0 Å². The number of aromatic nitrogens is 3. The lowest BCUT2D eigenvalue weighted by Crippen LogP contribution is -1.94. The van der Waals surface area contributed by atoms with E-state index in [1.54, 1.807) is 22.9 Å². The molecule has 0 bridgehead atoms. The summed E-state index contributed by atoms with van der Waals surface area (Å²) in [5, 5.41) is 0. The normalized spacial score (nSPS) is 12.5. The Bertz CT molecular complexity index is 774. The zero-order chi connectivity index (χ0) is 14.8. The maximum atomic E-state index is 11.4. The van der Waals surface area contributed by atoms with Crippen molar-refractivity contribution in [3.8, 4) is 11.3 Å². The van der Waals surface area contributed by atoms with Gasteiger partial charge in [-0.2, -0.15) is 0 Å². The van der Waals surface area contributed by atoms with Gasteiger partial charge in [0.15, 0.2) is 6.29 Å². The first kappa shape index (κ1) is 13.5. The molecule has 2 aromatic heterocycles. The lowest BCUT2D eigenvalue weighted by Gasteiger charge is -2.09. The third kappa shape index (κ3) is 2.33. The monoisotopic (exact) mass is 279 g/mol. The Morgan fingerprint density at radius 1 is 1.29 bits per heavy atom. The number of hydrogen-bond donors (Lipinski definition) is 0. The van der Waals surface area contributed by atoms with Crippen molar-refractivity contribution in [3.05, 3.63) is 54.0 Å². The van der Waals surface area contributed by atoms with Crippen LogP contribution in [0.5, 0.6) is 0 Å². The van der Waals surface area contributed by atoms with Crippen LogP contribution >= 0.6 is 0 Å². The van der Waals surface area contributed by atoms with Crippen LogP contribution in [0.3, 0.4) is 0 Å². The van der Waals surface area contributed by atoms with E-state index in [9.17, 15) is 4.79 Å². The van der Waals surface area contributed by atoms with E-state index in [2.05, 4.69) is 35.9 Å². The first-order valence-electron chi connectivity index (χ1n) is 7.13. The lowest BCUT2D eigenvalue weighted by atomic mass is 9.97. The summed E-state index contributed by atoms with van der Waals surface area (Å²) in [4.78, 5) is 20.1. The van der Waals surface area contributed by atoms with Crippen LogP contribution in [0.4, 0.5) is 0 Å². The van der Waals surface area contributed by atoms with E-state index in [0.717, 1.165) is 18.3 Å². The lowest BCUT2D eigenvalue weighted by molar-refractivity contribution is 0.111. The molecule has 0 fully saturated rings. The van der Waals surface area contributed by atoms with Crippen molar-refractivity contribution in [1.82, 2.24) is 14.4 Å². The molecular weight excluding hydrogens is 262 g/mol. The van der Waals surface area contributed by atoms with Gasteiger partial charge in [0.25, 0.3) is 0 Å². The van der Waals surface area contributed by atoms with Crippen LogP contribution in [-0.4, -0.2) is 20.7 Å². The molecule has 0 aliphatic carbocycles. The van der Waals surface area contributed by atoms with Gasteiger partial charge in [-0.1, -0.05) is 38.1 Å². The summed E-state index contributed by atoms with van der Waals surface area (Å²) >= 11 is 0. The van der Waals surface area contributed by atoms with Crippen molar-refractivity contribution in [1.29, 1.82) is 0 Å². The third-order valence-corrected chi connectivity index (χ3v) is 3.92. The second kappa shape index (κ2) is 5.48. The Hall–Kier alpha value is -2.49. The largest absolute Gasteiger partial charge is 0.296 e. The first-order chi connectivity index (χ1) is 10.2. The molecule has 0 amide bonds. The van der Waals surface area contributed by atoms with Crippen molar-refractivity contribution in [2.45, 2.75) is 26.2 Å². The minimum Gasteiger partial charge on any atom is -0.296 e. The molecule has 21 heavy (non-hydrogen) atoms. The van der Waals surface area contributed by atoms with Crippen molar-refractivity contribution in [3.63, 3.8) is 0 Å². The molecule has 3 aromatic rings. The number of nitrogens with zero attached hydrogens (tertiary/aromatic N) is 3. The molecule has 0 aliphatic rings. The second-order valence-corrected chi connectivity index (χ2v) is 5.18. The molecule has 1 unspecified atom stereocenters. The summed E-state index contributed by atoms with van der Waals surface area (Å²) in [6.45, 7) is 4.39. The van der Waals surface area contributed by atoms with Crippen LogP contribution in [-0.2, 0) is 0 Å². The minimum absolute atomic E-state index is 0.535. The summed E-state index contributed by atoms with van der Waals surface area (Å²) < 4.78 is 1.71. The van der Waals surface area contributed by atoms with Crippen molar-refractivity contribution < 1.29 is 4.79 Å². The van der Waals surface area contributed by atoms with Gasteiger partial charge in [-0.15, -0.1) is 0 Å². The molecule has 106 valence electrons. The highest BCUT2D eigenvalue weighted by Gasteiger charge is 2.14. The van der Waals surface area contributed by atoms with Gasteiger partial charge < -0.3 is 0 Å². The fourth-order valence-corrected chi connectivity index (χ4v) is 2.44. The molecular formula is C17H17N3O. The Balaban J connectivity index is 2.09. The van der Waals surface area contributed by atoms with Gasteiger partial charge in [0.2, 0.25) is 5.78 Å². The Morgan fingerprint density at radius 2 is 2.05 bits per heavy atom. The molecule has 4 nitrogen and oxygen atoms in total. The summed E-state index contributed by atoms with van der Waals surface area (Å²) in [7, 11) is 0. The number of imidazole rings is 1. The maximum Gasteiger partial charge on any atom is 0.234 e. The second-order valence-electron chi connectivity index (χ2n) is 5.18. The molecule has 1 aromatic carbocycles. The SMILES string of the molecule is CCC(C)c1ccc(-c2nc3ncccn3c2C=O)cc1. The summed E-state index contributed by atoms with van der Waals surface area (Å²) in [6, 6.07) is 10.1. The van der Waals surface area contributed by atoms with Gasteiger partial charge in [0.05, 0.1) is 0 Å². The Morgan fingerprint density at radius 3 is 2.71 bits per heavy atom. The summed E-state index contributed by atoms with van der Waals surface area (Å²) in [5.74, 6) is 1.08. The predicted molar refractivity (Wildman–Crippen MR) is 82.5 cm³/mol. The molecule has 2 heterocycles. The van der Waals surface area contributed by atoms with Crippen LogP contribution in [0.25, 0.3) is 17.0 Å². The number of carbonyl (C=O) groups excluding carboxylic acids is 1. The molecule has 1 atom stereocenters. The number of fused-ring (bicyclic) bond motifs is 1. The highest BCUT2D eigenvalue weighted by molar-refractivity contribution is 5.85. The summed E-state index contributed by atoms with van der Waals surface area (Å²) in [5.41, 5.74) is 3.46. The number of hydrogen-bond acceptors (Lipinski definition) is 3. The van der Waals surface area contributed by atoms with Gasteiger partial charge >= 0.3 is 0 Å². The number of benzene rings is 1. The third-order valence-electron chi connectivity index (χ3n) is 3.92. The minimum atomic E-state index is 0.535. The zero-order valence-electron chi connectivity index (χ0n) is 12.2. The molecule has 0 radical (unpaired) electrons. The van der Waals surface area contributed by atoms with E-state index in [-0.39, 0.29) is 0 Å². The van der Waals surface area contributed by atoms with Gasteiger partial charge in [-0.3, -0.25) is 9.20 Å². The first-order valence-corrected chi connectivity index (χ1v) is 7.13. The molecule has 3 rings (SSSR count). The van der Waals surface area contributed by atoms with Gasteiger partial charge in [0, 0.05) is 18.0 Å². The maximum absolute atomic E-state index is 11.4. The topological polar surface area (TPSA) is 47.3 Å². The standard InChI is InChI=1S/C17H17N3O/c1-3-12(2)13-5-7-14(8-6-13)16-15(11-21)20-10-4-9-18-17(20)19-16/h4-12H,3H2,1-2H3. The average Bonchev–Trinajstić information content (AvgIpc) is 2.92. The van der Waals surface area contributed by atoms with E-state index < -0.39 is 0 Å². The van der Waals surface area contributed by atoms with E-state index in [1.165, 1.54) is 5.56 Å². The number of rotatable bonds is 4. The van der Waals surface area contributed by atoms with E-state index >= 15 is 0 Å². The van der Waals surface area contributed by atoms with Crippen LogP contribution in [0.1, 0.15) is 42.2 Å². The highest BCUT2D eigenvalue weighted by atomic mass is 16.1. The zero-order valence-corrected chi connectivity index (χ0v) is 12.2.